The Labute approximate surface area is 114 Å². The Morgan fingerprint density at radius 2 is 1.95 bits per heavy atom. The highest BCUT2D eigenvalue weighted by Gasteiger charge is 2.23. The zero-order valence-corrected chi connectivity index (χ0v) is 10.6. The fraction of sp³-hybridized carbons (Fsp3) is 0.154. The molecule has 104 valence electrons. The molecule has 0 aliphatic rings. The van der Waals surface area contributed by atoms with Gasteiger partial charge in [0.2, 0.25) is 0 Å². The van der Waals surface area contributed by atoms with Crippen molar-refractivity contribution in [2.24, 2.45) is 7.05 Å². The Balaban J connectivity index is 2.18. The number of carbonyl (C=O) groups is 2. The van der Waals surface area contributed by atoms with E-state index < -0.39 is 17.9 Å². The van der Waals surface area contributed by atoms with Crippen LogP contribution in [-0.4, -0.2) is 31.9 Å². The first-order valence-electron chi connectivity index (χ1n) is 5.78. The Morgan fingerprint density at radius 3 is 2.45 bits per heavy atom. The lowest BCUT2D eigenvalue weighted by atomic mass is 10.1. The molecule has 1 aromatic heterocycles. The summed E-state index contributed by atoms with van der Waals surface area (Å²) in [6.45, 7) is 0. The lowest BCUT2D eigenvalue weighted by Gasteiger charge is -2.12. The minimum absolute atomic E-state index is 0.0311. The van der Waals surface area contributed by atoms with Crippen LogP contribution in [0.3, 0.4) is 0 Å². The molecule has 20 heavy (non-hydrogen) atoms. The van der Waals surface area contributed by atoms with Gasteiger partial charge in [-0.3, -0.25) is 9.48 Å². The zero-order chi connectivity index (χ0) is 14.7. The molecule has 0 aliphatic heterocycles. The number of rotatable bonds is 4. The van der Waals surface area contributed by atoms with Gasteiger partial charge in [0.1, 0.15) is 5.75 Å². The number of aliphatic carboxylic acids is 1. The lowest BCUT2D eigenvalue weighted by molar-refractivity contribution is -0.139. The first kappa shape index (κ1) is 13.6. The molecule has 0 spiro atoms. The van der Waals surface area contributed by atoms with E-state index in [1.165, 1.54) is 41.3 Å². The number of aromatic nitrogens is 2. The minimum Gasteiger partial charge on any atom is -0.508 e. The zero-order valence-electron chi connectivity index (χ0n) is 10.6. The van der Waals surface area contributed by atoms with Crippen molar-refractivity contribution in [1.82, 2.24) is 15.1 Å². The van der Waals surface area contributed by atoms with E-state index in [0.29, 0.717) is 5.56 Å². The van der Waals surface area contributed by atoms with Gasteiger partial charge in [-0.1, -0.05) is 0 Å². The van der Waals surface area contributed by atoms with Gasteiger partial charge in [0.15, 0.2) is 6.04 Å². The van der Waals surface area contributed by atoms with Crippen LogP contribution in [0.25, 0.3) is 0 Å². The van der Waals surface area contributed by atoms with Crippen molar-refractivity contribution >= 4 is 11.9 Å². The van der Waals surface area contributed by atoms with Gasteiger partial charge in [0.05, 0.1) is 6.20 Å². The van der Waals surface area contributed by atoms with Crippen LogP contribution in [0.4, 0.5) is 0 Å². The van der Waals surface area contributed by atoms with Crippen LogP contribution in [-0.2, 0) is 11.8 Å². The maximum atomic E-state index is 12.0. The maximum absolute atomic E-state index is 12.0. The second-order valence-corrected chi connectivity index (χ2v) is 4.24. The molecule has 1 unspecified atom stereocenters. The van der Waals surface area contributed by atoms with Crippen molar-refractivity contribution in [2.75, 3.05) is 0 Å². The highest BCUT2D eigenvalue weighted by molar-refractivity contribution is 5.96. The highest BCUT2D eigenvalue weighted by atomic mass is 16.4. The lowest BCUT2D eigenvalue weighted by Crippen LogP contribution is -2.33. The number of aromatic hydroxyl groups is 1. The molecule has 0 bridgehead atoms. The summed E-state index contributed by atoms with van der Waals surface area (Å²) in [7, 11) is 1.66. The van der Waals surface area contributed by atoms with Crippen molar-refractivity contribution in [3.8, 4) is 5.75 Å². The predicted octanol–water partition coefficient (Wildman–Crippen LogP) is 0.681. The van der Waals surface area contributed by atoms with E-state index in [1.54, 1.807) is 7.05 Å². The smallest absolute Gasteiger partial charge is 0.331 e. The van der Waals surface area contributed by atoms with Gasteiger partial charge in [-0.25, -0.2) is 4.79 Å². The fourth-order valence-electron chi connectivity index (χ4n) is 1.70. The van der Waals surface area contributed by atoms with Crippen LogP contribution < -0.4 is 5.32 Å². The predicted molar refractivity (Wildman–Crippen MR) is 69.2 cm³/mol. The van der Waals surface area contributed by atoms with E-state index in [9.17, 15) is 14.7 Å². The number of carboxylic acids is 1. The van der Waals surface area contributed by atoms with Gasteiger partial charge >= 0.3 is 5.97 Å². The van der Waals surface area contributed by atoms with Crippen LogP contribution >= 0.6 is 0 Å². The molecule has 1 amide bonds. The third kappa shape index (κ3) is 2.94. The fourth-order valence-corrected chi connectivity index (χ4v) is 1.70. The Hall–Kier alpha value is -2.83. The summed E-state index contributed by atoms with van der Waals surface area (Å²) in [4.78, 5) is 23.2. The summed E-state index contributed by atoms with van der Waals surface area (Å²) in [5, 5.41) is 24.6. The summed E-state index contributed by atoms with van der Waals surface area (Å²) in [6, 6.07) is 4.35. The number of nitrogens with one attached hydrogen (secondary N) is 1. The van der Waals surface area contributed by atoms with Crippen LogP contribution in [0.5, 0.6) is 5.75 Å². The van der Waals surface area contributed by atoms with Crippen molar-refractivity contribution < 1.29 is 19.8 Å². The average molecular weight is 275 g/mol. The Kier molecular flexibility index (Phi) is 3.69. The topological polar surface area (TPSA) is 104 Å². The average Bonchev–Trinajstić information content (AvgIpc) is 2.82. The number of phenols is 1. The molecule has 1 atom stereocenters. The standard InChI is InChI=1S/C13H13N3O4/c1-16-7-9(6-14-16)11(13(19)20)15-12(18)8-2-4-10(17)5-3-8/h2-7,11,17H,1H3,(H,15,18)(H,19,20). The molecule has 0 aliphatic carbocycles. The number of aryl methyl sites for hydroxylation is 1. The molecule has 7 heteroatoms. The van der Waals surface area contributed by atoms with Crippen LogP contribution in [0.1, 0.15) is 22.0 Å². The van der Waals surface area contributed by atoms with Gasteiger partial charge < -0.3 is 15.5 Å². The summed E-state index contributed by atoms with van der Waals surface area (Å²) in [5.74, 6) is -1.69. The molecule has 1 heterocycles. The first-order chi connectivity index (χ1) is 9.47. The second-order valence-electron chi connectivity index (χ2n) is 4.24. The maximum Gasteiger partial charge on any atom is 0.331 e. The molecule has 1 aromatic carbocycles. The van der Waals surface area contributed by atoms with Crippen molar-refractivity contribution in [1.29, 1.82) is 0 Å². The van der Waals surface area contributed by atoms with E-state index in [2.05, 4.69) is 10.4 Å². The molecular weight excluding hydrogens is 262 g/mol. The third-order valence-electron chi connectivity index (χ3n) is 2.71. The number of nitrogens with zero attached hydrogens (tertiary/aromatic N) is 2. The number of benzene rings is 1. The summed E-state index contributed by atoms with van der Waals surface area (Å²) in [5.41, 5.74) is 0.644. The molecule has 0 radical (unpaired) electrons. The third-order valence-corrected chi connectivity index (χ3v) is 2.71. The number of amides is 1. The summed E-state index contributed by atoms with van der Waals surface area (Å²) in [6.07, 6.45) is 2.91. The normalized spacial score (nSPS) is 11.8. The first-order valence-corrected chi connectivity index (χ1v) is 5.78. The quantitative estimate of drug-likeness (QED) is 0.761. The number of hydrogen-bond acceptors (Lipinski definition) is 4. The molecular formula is C13H13N3O4. The number of carboxylic acid groups (broad SMARTS) is 1. The molecule has 0 fully saturated rings. The Morgan fingerprint density at radius 1 is 1.30 bits per heavy atom. The van der Waals surface area contributed by atoms with Crippen molar-refractivity contribution in [2.45, 2.75) is 6.04 Å². The van der Waals surface area contributed by atoms with E-state index >= 15 is 0 Å². The van der Waals surface area contributed by atoms with E-state index in [0.717, 1.165) is 0 Å². The van der Waals surface area contributed by atoms with Gasteiger partial charge in [-0.05, 0) is 24.3 Å². The van der Waals surface area contributed by atoms with Crippen LogP contribution in [0.15, 0.2) is 36.7 Å². The number of phenolic OH excluding ortho intramolecular Hbond substituents is 1. The molecule has 0 saturated carbocycles. The van der Waals surface area contributed by atoms with E-state index in [-0.39, 0.29) is 11.3 Å². The molecule has 2 rings (SSSR count). The van der Waals surface area contributed by atoms with Gasteiger partial charge in [-0.15, -0.1) is 0 Å². The van der Waals surface area contributed by atoms with Crippen molar-refractivity contribution in [3.63, 3.8) is 0 Å². The van der Waals surface area contributed by atoms with Crippen LogP contribution in [0, 0.1) is 0 Å². The van der Waals surface area contributed by atoms with E-state index in [1.807, 2.05) is 0 Å². The SMILES string of the molecule is Cn1cc(C(NC(=O)c2ccc(O)cc2)C(=O)O)cn1. The van der Waals surface area contributed by atoms with Crippen LogP contribution in [0.2, 0.25) is 0 Å². The Bertz CT molecular complexity index is 633. The number of carbonyl (C=O) groups excluding carboxylic acids is 1. The second kappa shape index (κ2) is 5.43. The summed E-state index contributed by atoms with van der Waals surface area (Å²) >= 11 is 0. The molecule has 7 nitrogen and oxygen atoms in total. The molecule has 0 saturated heterocycles. The number of hydrogen-bond donors (Lipinski definition) is 3. The van der Waals surface area contributed by atoms with E-state index in [4.69, 9.17) is 5.11 Å². The molecule has 2 aromatic rings. The van der Waals surface area contributed by atoms with Gasteiger partial charge in [0.25, 0.3) is 5.91 Å². The van der Waals surface area contributed by atoms with Gasteiger partial charge in [-0.2, -0.15) is 5.10 Å². The monoisotopic (exact) mass is 275 g/mol. The molecule has 3 N–H and O–H groups in total. The minimum atomic E-state index is -1.18. The summed E-state index contributed by atoms with van der Waals surface area (Å²) < 4.78 is 1.46. The largest absolute Gasteiger partial charge is 0.508 e. The highest BCUT2D eigenvalue weighted by Crippen LogP contribution is 2.14. The van der Waals surface area contributed by atoms with Crippen molar-refractivity contribution in [3.05, 3.63) is 47.8 Å². The van der Waals surface area contributed by atoms with Gasteiger partial charge in [0, 0.05) is 24.4 Å².